The topological polar surface area (TPSA) is 58.9 Å². The molecule has 1 N–H and O–H groups in total. The van der Waals surface area contributed by atoms with Crippen molar-refractivity contribution in [2.45, 2.75) is 11.4 Å². The lowest BCUT2D eigenvalue weighted by atomic mass is 10.1. The van der Waals surface area contributed by atoms with Crippen molar-refractivity contribution < 1.29 is 18.1 Å². The number of hydrogen-bond donors (Lipinski definition) is 1. The van der Waals surface area contributed by atoms with Gasteiger partial charge in [-0.05, 0) is 24.3 Å². The van der Waals surface area contributed by atoms with Crippen molar-refractivity contribution in [3.8, 4) is 0 Å². The standard InChI is InChI=1S/C19H22N2O3S/c1-25(23,24)18-9-7-17(8-10-18)19(22)21-13-11-20(12-14-21)15-16-5-3-2-4-6-16/h2-10H,11-15H2,1H3/p+1. The third-order valence-corrected chi connectivity index (χ3v) is 5.71. The van der Waals surface area contributed by atoms with Gasteiger partial charge in [0.2, 0.25) is 0 Å². The van der Waals surface area contributed by atoms with E-state index in [4.69, 9.17) is 0 Å². The van der Waals surface area contributed by atoms with Gasteiger partial charge < -0.3 is 9.80 Å². The highest BCUT2D eigenvalue weighted by molar-refractivity contribution is 7.90. The number of benzene rings is 2. The summed E-state index contributed by atoms with van der Waals surface area (Å²) in [7, 11) is -3.24. The lowest BCUT2D eigenvalue weighted by Crippen LogP contribution is -3.13. The van der Waals surface area contributed by atoms with Crippen molar-refractivity contribution in [2.24, 2.45) is 0 Å². The number of carbonyl (C=O) groups excluding carboxylic acids is 1. The van der Waals surface area contributed by atoms with Crippen molar-refractivity contribution in [3.63, 3.8) is 0 Å². The highest BCUT2D eigenvalue weighted by atomic mass is 32.2. The Kier molecular flexibility index (Phi) is 5.20. The van der Waals surface area contributed by atoms with Crippen molar-refractivity contribution in [2.75, 3.05) is 32.4 Å². The van der Waals surface area contributed by atoms with E-state index in [1.165, 1.54) is 28.9 Å². The fourth-order valence-corrected chi connectivity index (χ4v) is 3.75. The van der Waals surface area contributed by atoms with Gasteiger partial charge in [-0.2, -0.15) is 0 Å². The van der Waals surface area contributed by atoms with Crippen LogP contribution in [0.1, 0.15) is 15.9 Å². The van der Waals surface area contributed by atoms with Gasteiger partial charge in [0.15, 0.2) is 9.84 Å². The van der Waals surface area contributed by atoms with Crippen molar-refractivity contribution in [1.29, 1.82) is 0 Å². The summed E-state index contributed by atoms with van der Waals surface area (Å²) in [4.78, 5) is 16.2. The Morgan fingerprint density at radius 1 is 1.00 bits per heavy atom. The summed E-state index contributed by atoms with van der Waals surface area (Å²) in [6, 6.07) is 16.6. The summed E-state index contributed by atoms with van der Waals surface area (Å²) in [6.45, 7) is 4.25. The van der Waals surface area contributed by atoms with Crippen LogP contribution in [0.25, 0.3) is 0 Å². The van der Waals surface area contributed by atoms with Gasteiger partial charge in [-0.3, -0.25) is 4.79 Å². The summed E-state index contributed by atoms with van der Waals surface area (Å²) in [5.74, 6) is -0.0289. The van der Waals surface area contributed by atoms with E-state index in [0.717, 1.165) is 32.7 Å². The minimum atomic E-state index is -3.24. The lowest BCUT2D eigenvalue weighted by molar-refractivity contribution is -0.917. The smallest absolute Gasteiger partial charge is 0.254 e. The zero-order valence-corrected chi connectivity index (χ0v) is 15.1. The van der Waals surface area contributed by atoms with E-state index in [2.05, 4.69) is 24.3 Å². The summed E-state index contributed by atoms with van der Waals surface area (Å²) in [5, 5.41) is 0. The lowest BCUT2D eigenvalue weighted by Gasteiger charge is -2.32. The van der Waals surface area contributed by atoms with Crippen molar-refractivity contribution in [3.05, 3.63) is 65.7 Å². The van der Waals surface area contributed by atoms with Gasteiger partial charge in [0, 0.05) is 17.4 Å². The third-order valence-electron chi connectivity index (χ3n) is 4.58. The number of carbonyl (C=O) groups is 1. The summed E-state index contributed by atoms with van der Waals surface area (Å²) in [5.41, 5.74) is 1.85. The van der Waals surface area contributed by atoms with Crippen LogP contribution >= 0.6 is 0 Å². The van der Waals surface area contributed by atoms with E-state index < -0.39 is 9.84 Å². The number of piperazine rings is 1. The van der Waals surface area contributed by atoms with Gasteiger partial charge >= 0.3 is 0 Å². The molecule has 0 atom stereocenters. The second-order valence-corrected chi connectivity index (χ2v) is 8.52. The first kappa shape index (κ1) is 17.6. The maximum Gasteiger partial charge on any atom is 0.254 e. The maximum atomic E-state index is 12.6. The molecule has 0 aromatic heterocycles. The molecule has 0 aliphatic carbocycles. The highest BCUT2D eigenvalue weighted by Gasteiger charge is 2.24. The highest BCUT2D eigenvalue weighted by Crippen LogP contribution is 2.12. The van der Waals surface area contributed by atoms with Crippen LogP contribution in [0.4, 0.5) is 0 Å². The number of rotatable bonds is 4. The molecule has 1 heterocycles. The second kappa shape index (κ2) is 7.37. The van der Waals surface area contributed by atoms with Gasteiger partial charge in [-0.25, -0.2) is 8.42 Å². The maximum absolute atomic E-state index is 12.6. The van der Waals surface area contributed by atoms with Crippen LogP contribution < -0.4 is 4.90 Å². The Bertz CT molecular complexity index is 825. The fraction of sp³-hybridized carbons (Fsp3) is 0.316. The normalized spacial score (nSPS) is 16.0. The first-order valence-corrected chi connectivity index (χ1v) is 10.3. The molecule has 5 nitrogen and oxygen atoms in total. The predicted molar refractivity (Wildman–Crippen MR) is 96.3 cm³/mol. The number of sulfone groups is 1. The SMILES string of the molecule is CS(=O)(=O)c1ccc(C(=O)N2CC[NH+](Cc3ccccc3)CC2)cc1. The van der Waals surface area contributed by atoms with Crippen LogP contribution in [-0.4, -0.2) is 51.7 Å². The minimum absolute atomic E-state index is 0.0289. The molecule has 0 saturated carbocycles. The molecule has 6 heteroatoms. The average molecular weight is 359 g/mol. The molecule has 0 spiro atoms. The Labute approximate surface area is 148 Å². The predicted octanol–water partition coefficient (Wildman–Crippen LogP) is 0.631. The van der Waals surface area contributed by atoms with Crippen LogP contribution in [0.15, 0.2) is 59.5 Å². The molecule has 25 heavy (non-hydrogen) atoms. The van der Waals surface area contributed by atoms with Crippen LogP contribution in [0.2, 0.25) is 0 Å². The van der Waals surface area contributed by atoms with Crippen LogP contribution in [0.3, 0.4) is 0 Å². The Morgan fingerprint density at radius 2 is 1.60 bits per heavy atom. The Hall–Kier alpha value is -2.18. The fourth-order valence-electron chi connectivity index (χ4n) is 3.11. The van der Waals surface area contributed by atoms with Crippen molar-refractivity contribution >= 4 is 15.7 Å². The molecule has 1 aliphatic heterocycles. The molecule has 0 bridgehead atoms. The monoisotopic (exact) mass is 359 g/mol. The van der Waals surface area contributed by atoms with Gasteiger partial charge in [-0.1, -0.05) is 30.3 Å². The van der Waals surface area contributed by atoms with E-state index in [1.54, 1.807) is 12.1 Å². The van der Waals surface area contributed by atoms with Gasteiger partial charge in [-0.15, -0.1) is 0 Å². The quantitative estimate of drug-likeness (QED) is 0.871. The van der Waals surface area contributed by atoms with E-state index in [9.17, 15) is 13.2 Å². The van der Waals surface area contributed by atoms with Gasteiger partial charge in [0.25, 0.3) is 5.91 Å². The molecule has 1 fully saturated rings. The van der Waals surface area contributed by atoms with Gasteiger partial charge in [0.05, 0.1) is 31.1 Å². The van der Waals surface area contributed by atoms with E-state index in [0.29, 0.717) is 5.56 Å². The zero-order chi connectivity index (χ0) is 17.9. The third kappa shape index (κ3) is 4.46. The number of nitrogens with zero attached hydrogens (tertiary/aromatic N) is 1. The molecule has 2 aromatic rings. The van der Waals surface area contributed by atoms with E-state index in [1.807, 2.05) is 11.0 Å². The Balaban J connectivity index is 1.58. The Morgan fingerprint density at radius 3 is 2.16 bits per heavy atom. The van der Waals surface area contributed by atoms with Crippen LogP contribution in [-0.2, 0) is 16.4 Å². The molecular weight excluding hydrogens is 336 g/mol. The largest absolute Gasteiger partial charge is 0.328 e. The number of hydrogen-bond acceptors (Lipinski definition) is 3. The molecule has 0 unspecified atom stereocenters. The molecule has 1 aliphatic rings. The summed E-state index contributed by atoms with van der Waals surface area (Å²) < 4.78 is 23.0. The number of amides is 1. The molecule has 0 radical (unpaired) electrons. The molecule has 3 rings (SSSR count). The van der Waals surface area contributed by atoms with Crippen LogP contribution in [0.5, 0.6) is 0 Å². The molecule has 1 saturated heterocycles. The number of nitrogens with one attached hydrogen (secondary N) is 1. The summed E-state index contributed by atoms with van der Waals surface area (Å²) in [6.07, 6.45) is 1.17. The zero-order valence-electron chi connectivity index (χ0n) is 14.3. The average Bonchev–Trinajstić information content (AvgIpc) is 2.62. The molecular formula is C19H23N2O3S+. The summed E-state index contributed by atoms with van der Waals surface area (Å²) >= 11 is 0. The van der Waals surface area contributed by atoms with Gasteiger partial charge in [0.1, 0.15) is 6.54 Å². The molecule has 132 valence electrons. The first-order valence-electron chi connectivity index (χ1n) is 8.40. The van der Waals surface area contributed by atoms with Crippen molar-refractivity contribution in [1.82, 2.24) is 4.90 Å². The molecule has 1 amide bonds. The van der Waals surface area contributed by atoms with E-state index >= 15 is 0 Å². The van der Waals surface area contributed by atoms with E-state index in [-0.39, 0.29) is 10.8 Å². The van der Waals surface area contributed by atoms with Crippen LogP contribution in [0, 0.1) is 0 Å². The molecule has 2 aromatic carbocycles. The second-order valence-electron chi connectivity index (χ2n) is 6.50. The number of quaternary nitrogens is 1. The minimum Gasteiger partial charge on any atom is -0.328 e. The first-order chi connectivity index (χ1) is 11.9.